The zero-order valence-electron chi connectivity index (χ0n) is 11.4. The second kappa shape index (κ2) is 5.60. The van der Waals surface area contributed by atoms with Crippen LogP contribution in [0.15, 0.2) is 0 Å². The molecule has 3 heteroatoms. The first-order valence-electron chi connectivity index (χ1n) is 7.51. The third-order valence-electron chi connectivity index (χ3n) is 5.44. The van der Waals surface area contributed by atoms with Crippen molar-refractivity contribution >= 4 is 5.97 Å². The maximum Gasteiger partial charge on any atom is 0.310 e. The summed E-state index contributed by atoms with van der Waals surface area (Å²) < 4.78 is 0. The Balaban J connectivity index is 2.14. The molecule has 2 aliphatic rings. The van der Waals surface area contributed by atoms with Crippen LogP contribution in [0.3, 0.4) is 0 Å². The van der Waals surface area contributed by atoms with E-state index in [-0.39, 0.29) is 5.92 Å². The first kappa shape index (κ1) is 13.9. The second-order valence-corrected chi connectivity index (χ2v) is 6.27. The zero-order valence-corrected chi connectivity index (χ0v) is 11.4. The van der Waals surface area contributed by atoms with Crippen LogP contribution >= 0.6 is 0 Å². The minimum Gasteiger partial charge on any atom is -0.481 e. The smallest absolute Gasteiger partial charge is 0.310 e. The van der Waals surface area contributed by atoms with Crippen molar-refractivity contribution in [3.63, 3.8) is 0 Å². The van der Waals surface area contributed by atoms with Gasteiger partial charge in [0.1, 0.15) is 0 Å². The summed E-state index contributed by atoms with van der Waals surface area (Å²) in [6, 6.07) is 0. The Labute approximate surface area is 110 Å². The number of hydrogen-bond donors (Lipinski definition) is 2. The third-order valence-corrected chi connectivity index (χ3v) is 5.44. The first-order valence-corrected chi connectivity index (χ1v) is 7.51. The van der Waals surface area contributed by atoms with Gasteiger partial charge in [-0.2, -0.15) is 0 Å². The number of rotatable bonds is 3. The summed E-state index contributed by atoms with van der Waals surface area (Å²) >= 11 is 0. The normalized spacial score (nSPS) is 41.6. The number of carbonyl (C=O) groups is 1. The van der Waals surface area contributed by atoms with E-state index < -0.39 is 17.5 Å². The van der Waals surface area contributed by atoms with Gasteiger partial charge in [-0.25, -0.2) is 0 Å². The lowest BCUT2D eigenvalue weighted by molar-refractivity contribution is -0.162. The highest BCUT2D eigenvalue weighted by molar-refractivity contribution is 5.75. The number of aliphatic hydroxyl groups is 1. The van der Waals surface area contributed by atoms with Gasteiger partial charge in [-0.15, -0.1) is 0 Å². The van der Waals surface area contributed by atoms with E-state index in [9.17, 15) is 15.0 Å². The minimum absolute atomic E-state index is 0.0124. The monoisotopic (exact) mass is 254 g/mol. The number of aliphatic hydroxyl groups excluding tert-OH is 1. The Morgan fingerprint density at radius 2 is 1.78 bits per heavy atom. The van der Waals surface area contributed by atoms with Crippen molar-refractivity contribution in [2.24, 2.45) is 17.3 Å². The van der Waals surface area contributed by atoms with Gasteiger partial charge in [-0.3, -0.25) is 4.79 Å². The molecule has 0 heterocycles. The summed E-state index contributed by atoms with van der Waals surface area (Å²) in [6.07, 6.45) is 8.14. The van der Waals surface area contributed by atoms with Gasteiger partial charge in [-0.1, -0.05) is 26.2 Å². The van der Waals surface area contributed by atoms with Crippen molar-refractivity contribution < 1.29 is 15.0 Å². The molecular formula is C15H26O3. The van der Waals surface area contributed by atoms with Crippen molar-refractivity contribution in [3.05, 3.63) is 0 Å². The maximum atomic E-state index is 11.8. The molecule has 2 rings (SSSR count). The highest BCUT2D eigenvalue weighted by atomic mass is 16.4. The van der Waals surface area contributed by atoms with Crippen molar-refractivity contribution in [2.75, 3.05) is 0 Å². The Morgan fingerprint density at radius 3 is 2.28 bits per heavy atom. The van der Waals surface area contributed by atoms with E-state index in [0.717, 1.165) is 57.8 Å². The molecule has 2 saturated carbocycles. The van der Waals surface area contributed by atoms with Gasteiger partial charge < -0.3 is 10.2 Å². The molecule has 0 saturated heterocycles. The van der Waals surface area contributed by atoms with Gasteiger partial charge in [0.25, 0.3) is 0 Å². The van der Waals surface area contributed by atoms with Gasteiger partial charge in [0.15, 0.2) is 0 Å². The summed E-state index contributed by atoms with van der Waals surface area (Å²) in [7, 11) is 0. The topological polar surface area (TPSA) is 57.5 Å². The number of carboxylic acids is 1. The van der Waals surface area contributed by atoms with Crippen LogP contribution < -0.4 is 0 Å². The predicted octanol–water partition coefficient (Wildman–Crippen LogP) is 3.21. The number of hydrogen-bond acceptors (Lipinski definition) is 2. The van der Waals surface area contributed by atoms with E-state index in [2.05, 4.69) is 6.92 Å². The molecule has 0 aromatic heterocycles. The van der Waals surface area contributed by atoms with Crippen LogP contribution in [0.25, 0.3) is 0 Å². The van der Waals surface area contributed by atoms with Crippen LogP contribution in [0.5, 0.6) is 0 Å². The molecule has 2 aliphatic carbocycles. The van der Waals surface area contributed by atoms with Gasteiger partial charge in [0.05, 0.1) is 11.5 Å². The van der Waals surface area contributed by atoms with E-state index in [1.165, 1.54) is 0 Å². The summed E-state index contributed by atoms with van der Waals surface area (Å²) in [6.45, 7) is 2.19. The summed E-state index contributed by atoms with van der Waals surface area (Å²) in [5.74, 6) is 0.0165. The van der Waals surface area contributed by atoms with E-state index in [0.29, 0.717) is 5.92 Å². The molecule has 0 aliphatic heterocycles. The van der Waals surface area contributed by atoms with Crippen LogP contribution in [-0.2, 0) is 4.79 Å². The molecule has 2 atom stereocenters. The number of carboxylic acid groups (broad SMARTS) is 1. The van der Waals surface area contributed by atoms with Crippen LogP contribution in [0.4, 0.5) is 0 Å². The summed E-state index contributed by atoms with van der Waals surface area (Å²) in [5, 5.41) is 19.9. The molecule has 3 nitrogen and oxygen atoms in total. The summed E-state index contributed by atoms with van der Waals surface area (Å²) in [5.41, 5.74) is -0.633. The van der Waals surface area contributed by atoms with Crippen molar-refractivity contribution in [1.82, 2.24) is 0 Å². The van der Waals surface area contributed by atoms with E-state index in [4.69, 9.17) is 0 Å². The van der Waals surface area contributed by atoms with Gasteiger partial charge >= 0.3 is 5.97 Å². The maximum absolute atomic E-state index is 11.8. The van der Waals surface area contributed by atoms with E-state index in [1.54, 1.807) is 0 Å². The summed E-state index contributed by atoms with van der Waals surface area (Å²) in [4.78, 5) is 11.8. The van der Waals surface area contributed by atoms with Crippen molar-refractivity contribution in [1.29, 1.82) is 0 Å². The average molecular weight is 254 g/mol. The molecule has 0 radical (unpaired) electrons. The fourth-order valence-corrected chi connectivity index (χ4v) is 4.10. The van der Waals surface area contributed by atoms with Crippen molar-refractivity contribution in [3.8, 4) is 0 Å². The molecule has 2 N–H and O–H groups in total. The fraction of sp³-hybridized carbons (Fsp3) is 0.933. The van der Waals surface area contributed by atoms with E-state index >= 15 is 0 Å². The molecule has 18 heavy (non-hydrogen) atoms. The second-order valence-electron chi connectivity index (χ2n) is 6.27. The Kier molecular flexibility index (Phi) is 4.31. The lowest BCUT2D eigenvalue weighted by Crippen LogP contribution is -2.47. The molecule has 0 aromatic carbocycles. The molecule has 0 bridgehead atoms. The average Bonchev–Trinajstić information content (AvgIpc) is 2.39. The quantitative estimate of drug-likeness (QED) is 0.813. The highest BCUT2D eigenvalue weighted by Gasteiger charge is 2.50. The molecule has 2 unspecified atom stereocenters. The fourth-order valence-electron chi connectivity index (χ4n) is 4.10. The predicted molar refractivity (Wildman–Crippen MR) is 70.3 cm³/mol. The Hall–Kier alpha value is -0.570. The highest BCUT2D eigenvalue weighted by Crippen LogP contribution is 2.50. The van der Waals surface area contributed by atoms with Gasteiger partial charge in [0.2, 0.25) is 0 Å². The third kappa shape index (κ3) is 2.42. The minimum atomic E-state index is -0.664. The molecule has 0 aromatic rings. The zero-order chi connectivity index (χ0) is 13.2. The van der Waals surface area contributed by atoms with Crippen LogP contribution in [-0.4, -0.2) is 22.3 Å². The van der Waals surface area contributed by atoms with Gasteiger partial charge in [0, 0.05) is 5.92 Å². The van der Waals surface area contributed by atoms with Crippen molar-refractivity contribution in [2.45, 2.75) is 70.8 Å². The van der Waals surface area contributed by atoms with Gasteiger partial charge in [-0.05, 0) is 44.4 Å². The molecule has 0 amide bonds. The SMILES string of the molecule is CCC1CCC(C(=O)O)(C2CCCCC2O)CC1. The lowest BCUT2D eigenvalue weighted by atomic mass is 9.59. The lowest BCUT2D eigenvalue weighted by Gasteiger charge is -2.45. The first-order chi connectivity index (χ1) is 8.60. The van der Waals surface area contributed by atoms with E-state index in [1.807, 2.05) is 0 Å². The Bertz CT molecular complexity index is 292. The van der Waals surface area contributed by atoms with Crippen LogP contribution in [0.1, 0.15) is 64.7 Å². The molecule has 0 spiro atoms. The standard InChI is InChI=1S/C15H26O3/c1-2-11-7-9-15(10-8-11,14(17)18)12-5-3-4-6-13(12)16/h11-13,16H,2-10H2,1H3,(H,17,18). The number of aliphatic carboxylic acids is 1. The molecule has 2 fully saturated rings. The Morgan fingerprint density at radius 1 is 1.17 bits per heavy atom. The largest absolute Gasteiger partial charge is 0.481 e. The van der Waals surface area contributed by atoms with Crippen LogP contribution in [0.2, 0.25) is 0 Å². The molecule has 104 valence electrons. The van der Waals surface area contributed by atoms with Crippen LogP contribution in [0, 0.1) is 17.3 Å². The molecular weight excluding hydrogens is 228 g/mol.